The molecule has 1 aromatic carbocycles. The van der Waals surface area contributed by atoms with Crippen LogP contribution in [-0.2, 0) is 27.1 Å². The van der Waals surface area contributed by atoms with Crippen LogP contribution in [0.15, 0.2) is 12.1 Å². The topological polar surface area (TPSA) is 95.6 Å². The number of nitrogens with zero attached hydrogens (tertiary/aromatic N) is 1. The van der Waals surface area contributed by atoms with Gasteiger partial charge in [0.15, 0.2) is 0 Å². The van der Waals surface area contributed by atoms with Crippen molar-refractivity contribution in [3.05, 3.63) is 28.8 Å². The quantitative estimate of drug-likeness (QED) is 0.771. The van der Waals surface area contributed by atoms with E-state index in [4.69, 9.17) is 0 Å². The lowest BCUT2D eigenvalue weighted by atomic mass is 10.0. The van der Waals surface area contributed by atoms with E-state index in [-0.39, 0.29) is 30.5 Å². The van der Waals surface area contributed by atoms with Crippen molar-refractivity contribution >= 4 is 29.3 Å². The fourth-order valence-electron chi connectivity index (χ4n) is 3.19. The second-order valence-corrected chi connectivity index (χ2v) is 6.10. The molecular formula is C16H14F3N3O4. The van der Waals surface area contributed by atoms with Crippen molar-refractivity contribution in [3.63, 3.8) is 0 Å². The first-order valence-corrected chi connectivity index (χ1v) is 7.75. The molecule has 0 bridgehead atoms. The molecule has 0 radical (unpaired) electrons. The first kappa shape index (κ1) is 17.9. The molecule has 1 unspecified atom stereocenters. The SMILES string of the molecule is CC(=O)Nc1c(C(F)(F)F)ccc2c1C(=O)N(C1CCC(=O)NC1=O)C2. The van der Waals surface area contributed by atoms with Gasteiger partial charge in [0.1, 0.15) is 6.04 Å². The smallest absolute Gasteiger partial charge is 0.325 e. The number of piperidine rings is 1. The van der Waals surface area contributed by atoms with Crippen LogP contribution in [0.3, 0.4) is 0 Å². The van der Waals surface area contributed by atoms with Crippen LogP contribution in [0.4, 0.5) is 18.9 Å². The first-order chi connectivity index (χ1) is 12.1. The predicted molar refractivity (Wildman–Crippen MR) is 81.8 cm³/mol. The average molecular weight is 369 g/mol. The summed E-state index contributed by atoms with van der Waals surface area (Å²) in [7, 11) is 0. The van der Waals surface area contributed by atoms with Crippen LogP contribution in [-0.4, -0.2) is 34.6 Å². The highest BCUT2D eigenvalue weighted by molar-refractivity contribution is 6.10. The number of alkyl halides is 3. The van der Waals surface area contributed by atoms with E-state index in [1.165, 1.54) is 0 Å². The number of rotatable bonds is 2. The standard InChI is InChI=1S/C16H14F3N3O4/c1-7(23)20-13-9(16(17,18)19)3-2-8-6-22(15(26)12(8)13)10-4-5-11(24)21-14(10)25/h2-3,10H,4-6H2,1H3,(H,20,23)(H,21,24,25). The summed E-state index contributed by atoms with van der Waals surface area (Å²) < 4.78 is 39.8. The zero-order chi connectivity index (χ0) is 19.2. The van der Waals surface area contributed by atoms with Gasteiger partial charge in [-0.25, -0.2) is 0 Å². The third-order valence-corrected chi connectivity index (χ3v) is 4.30. The molecule has 0 aromatic heterocycles. The van der Waals surface area contributed by atoms with Gasteiger partial charge < -0.3 is 10.2 Å². The Balaban J connectivity index is 2.03. The molecule has 2 aliphatic heterocycles. The molecule has 1 atom stereocenters. The van der Waals surface area contributed by atoms with Gasteiger partial charge >= 0.3 is 6.18 Å². The fourth-order valence-corrected chi connectivity index (χ4v) is 3.19. The third kappa shape index (κ3) is 3.02. The molecule has 10 heteroatoms. The maximum absolute atomic E-state index is 13.3. The number of amides is 4. The van der Waals surface area contributed by atoms with E-state index >= 15 is 0 Å². The lowest BCUT2D eigenvalue weighted by Crippen LogP contribution is -2.52. The Labute approximate surface area is 145 Å². The number of hydrogen-bond donors (Lipinski definition) is 2. The summed E-state index contributed by atoms with van der Waals surface area (Å²) in [4.78, 5) is 48.5. The van der Waals surface area contributed by atoms with Gasteiger partial charge in [0.05, 0.1) is 16.8 Å². The summed E-state index contributed by atoms with van der Waals surface area (Å²) in [6, 6.07) is 1.01. The molecule has 0 aliphatic carbocycles. The molecule has 2 aliphatic rings. The highest BCUT2D eigenvalue weighted by Crippen LogP contribution is 2.41. The van der Waals surface area contributed by atoms with Gasteiger partial charge in [-0.15, -0.1) is 0 Å². The monoisotopic (exact) mass is 369 g/mol. The minimum absolute atomic E-state index is 0.0306. The average Bonchev–Trinajstić information content (AvgIpc) is 2.83. The summed E-state index contributed by atoms with van der Waals surface area (Å²) in [6.45, 7) is 0.960. The largest absolute Gasteiger partial charge is 0.418 e. The van der Waals surface area contributed by atoms with Crippen LogP contribution in [0.1, 0.15) is 41.3 Å². The lowest BCUT2D eigenvalue weighted by Gasteiger charge is -2.29. The Kier molecular flexibility index (Phi) is 4.21. The zero-order valence-electron chi connectivity index (χ0n) is 13.6. The van der Waals surface area contributed by atoms with Gasteiger partial charge in [0, 0.05) is 19.9 Å². The van der Waals surface area contributed by atoms with Gasteiger partial charge in [-0.05, 0) is 18.1 Å². The Morgan fingerprint density at radius 1 is 1.27 bits per heavy atom. The van der Waals surface area contributed by atoms with E-state index in [0.717, 1.165) is 24.0 Å². The summed E-state index contributed by atoms with van der Waals surface area (Å²) in [5, 5.41) is 4.21. The molecule has 0 spiro atoms. The van der Waals surface area contributed by atoms with Gasteiger partial charge in [-0.3, -0.25) is 24.5 Å². The summed E-state index contributed by atoms with van der Waals surface area (Å²) in [5.41, 5.74) is -1.75. The normalized spacial score (nSPS) is 20.1. The van der Waals surface area contributed by atoms with Crippen molar-refractivity contribution in [3.8, 4) is 0 Å². The van der Waals surface area contributed by atoms with Crippen molar-refractivity contribution < 1.29 is 32.3 Å². The van der Waals surface area contributed by atoms with E-state index < -0.39 is 47.1 Å². The molecular weight excluding hydrogens is 355 g/mol. The van der Waals surface area contributed by atoms with Gasteiger partial charge in [0.25, 0.3) is 5.91 Å². The van der Waals surface area contributed by atoms with Crippen LogP contribution in [0.25, 0.3) is 0 Å². The second kappa shape index (κ2) is 6.11. The van der Waals surface area contributed by atoms with E-state index in [0.29, 0.717) is 0 Å². The Bertz CT molecular complexity index is 835. The van der Waals surface area contributed by atoms with Crippen molar-refractivity contribution in [2.24, 2.45) is 0 Å². The number of carbonyl (C=O) groups excluding carboxylic acids is 4. The fraction of sp³-hybridized carbons (Fsp3) is 0.375. The minimum atomic E-state index is -4.77. The van der Waals surface area contributed by atoms with Crippen molar-refractivity contribution in [1.29, 1.82) is 0 Å². The van der Waals surface area contributed by atoms with E-state index in [2.05, 4.69) is 10.6 Å². The van der Waals surface area contributed by atoms with Gasteiger partial charge in [-0.2, -0.15) is 13.2 Å². The number of carbonyl (C=O) groups is 4. The minimum Gasteiger partial charge on any atom is -0.325 e. The number of imide groups is 1. The van der Waals surface area contributed by atoms with Crippen LogP contribution in [0.2, 0.25) is 0 Å². The molecule has 1 fully saturated rings. The zero-order valence-corrected chi connectivity index (χ0v) is 13.6. The predicted octanol–water partition coefficient (Wildman–Crippen LogP) is 1.42. The van der Waals surface area contributed by atoms with Crippen LogP contribution in [0, 0.1) is 0 Å². The molecule has 2 heterocycles. The summed E-state index contributed by atoms with van der Waals surface area (Å²) >= 11 is 0. The summed E-state index contributed by atoms with van der Waals surface area (Å²) in [5.74, 6) is -2.67. The highest BCUT2D eigenvalue weighted by Gasteiger charge is 2.43. The van der Waals surface area contributed by atoms with Gasteiger partial charge in [0.2, 0.25) is 17.7 Å². The molecule has 138 valence electrons. The molecule has 0 saturated carbocycles. The van der Waals surface area contributed by atoms with Crippen molar-refractivity contribution in [1.82, 2.24) is 10.2 Å². The van der Waals surface area contributed by atoms with Gasteiger partial charge in [-0.1, -0.05) is 6.07 Å². The van der Waals surface area contributed by atoms with Crippen molar-refractivity contribution in [2.75, 3.05) is 5.32 Å². The van der Waals surface area contributed by atoms with Crippen LogP contribution in [0.5, 0.6) is 0 Å². The Morgan fingerprint density at radius 2 is 1.96 bits per heavy atom. The number of benzene rings is 1. The molecule has 26 heavy (non-hydrogen) atoms. The molecule has 7 nitrogen and oxygen atoms in total. The molecule has 4 amide bonds. The third-order valence-electron chi connectivity index (χ3n) is 4.30. The van der Waals surface area contributed by atoms with Crippen LogP contribution < -0.4 is 10.6 Å². The Morgan fingerprint density at radius 3 is 2.54 bits per heavy atom. The second-order valence-electron chi connectivity index (χ2n) is 6.10. The molecule has 3 rings (SSSR count). The highest BCUT2D eigenvalue weighted by atomic mass is 19.4. The maximum atomic E-state index is 13.3. The van der Waals surface area contributed by atoms with Crippen LogP contribution >= 0.6 is 0 Å². The number of halogens is 3. The number of fused-ring (bicyclic) bond motifs is 1. The van der Waals surface area contributed by atoms with Crippen molar-refractivity contribution in [2.45, 2.75) is 38.5 Å². The Hall–Kier alpha value is -2.91. The molecule has 1 saturated heterocycles. The lowest BCUT2D eigenvalue weighted by molar-refractivity contribution is -0.138. The molecule has 1 aromatic rings. The van der Waals surface area contributed by atoms with E-state index in [1.807, 2.05) is 0 Å². The number of nitrogens with one attached hydrogen (secondary N) is 2. The number of hydrogen-bond acceptors (Lipinski definition) is 4. The summed E-state index contributed by atoms with van der Waals surface area (Å²) in [6.07, 6.45) is -4.65. The number of anilines is 1. The van der Waals surface area contributed by atoms with E-state index in [9.17, 15) is 32.3 Å². The first-order valence-electron chi connectivity index (χ1n) is 7.75. The molecule has 2 N–H and O–H groups in total. The maximum Gasteiger partial charge on any atom is 0.418 e. The van der Waals surface area contributed by atoms with E-state index in [1.54, 1.807) is 0 Å².